The quantitative estimate of drug-likeness (QED) is 0.134. The summed E-state index contributed by atoms with van der Waals surface area (Å²) in [6.07, 6.45) is 0. The molecule has 1 aromatic heterocycles. The van der Waals surface area contributed by atoms with Crippen molar-refractivity contribution in [1.82, 2.24) is 4.57 Å². The Bertz CT molecular complexity index is 3710. The first-order valence-electron chi connectivity index (χ1n) is 25.1. The molecule has 0 aliphatic rings. The molecule has 11 aromatic rings. The summed E-state index contributed by atoms with van der Waals surface area (Å²) in [4.78, 5) is 0. The maximum atomic E-state index is 14.8. The number of rotatable bonds is 8. The fraction of sp³-hybridized carbons (Fsp3) is 0.118. The number of fused-ring (bicyclic) bond motifs is 3. The highest BCUT2D eigenvalue weighted by Crippen LogP contribution is 2.44. The number of hydrogen-bond acceptors (Lipinski definition) is 0. The van der Waals surface area contributed by atoms with Crippen LogP contribution in [0.4, 0.5) is 35.1 Å². The first-order valence-corrected chi connectivity index (χ1v) is 25.1. The van der Waals surface area contributed by atoms with Gasteiger partial charge in [-0.2, -0.15) is 0 Å². The third-order valence-electron chi connectivity index (χ3n) is 14.2. The van der Waals surface area contributed by atoms with Gasteiger partial charge in [-0.05, 0) is 210 Å². The molecule has 1 nitrogen and oxygen atoms in total. The minimum Gasteiger partial charge on any atom is -0.309 e. The molecule has 0 unspecified atom stereocenters. The molecule has 0 aliphatic heterocycles. The highest BCUT2D eigenvalue weighted by molar-refractivity contribution is 6.12. The molecule has 0 N–H and O–H groups in total. The summed E-state index contributed by atoms with van der Waals surface area (Å²) < 4.78 is 121. The van der Waals surface area contributed by atoms with Gasteiger partial charge in [-0.25, -0.2) is 35.1 Å². The van der Waals surface area contributed by atoms with Crippen molar-refractivity contribution in [2.75, 3.05) is 0 Å². The van der Waals surface area contributed by atoms with Crippen LogP contribution in [0.15, 0.2) is 188 Å². The highest BCUT2D eigenvalue weighted by Gasteiger charge is 2.24. The number of aromatic nitrogens is 1. The van der Waals surface area contributed by atoms with Crippen LogP contribution in [0.5, 0.6) is 0 Å². The zero-order valence-electron chi connectivity index (χ0n) is 42.9. The summed E-state index contributed by atoms with van der Waals surface area (Å²) in [6, 6.07) is 49.9. The van der Waals surface area contributed by atoms with Gasteiger partial charge >= 0.3 is 0 Å². The first kappa shape index (κ1) is 50.6. The van der Waals surface area contributed by atoms with Crippen molar-refractivity contribution in [3.63, 3.8) is 0 Å². The summed E-state index contributed by atoms with van der Waals surface area (Å²) in [6.45, 7) is 13.2. The van der Waals surface area contributed by atoms with Gasteiger partial charge in [-0.1, -0.05) is 90.1 Å². The average molecular weight is 1030 g/mol. The van der Waals surface area contributed by atoms with E-state index >= 15 is 0 Å². The third-order valence-corrected chi connectivity index (χ3v) is 14.2. The van der Waals surface area contributed by atoms with Crippen LogP contribution in [-0.2, 0) is 10.8 Å². The Balaban J connectivity index is 1.19. The average Bonchev–Trinajstić information content (AvgIpc) is 3.83. The Labute approximate surface area is 441 Å². The van der Waals surface area contributed by atoms with E-state index in [1.165, 1.54) is 59.7 Å². The van der Waals surface area contributed by atoms with Crippen LogP contribution in [-0.4, -0.2) is 4.57 Å². The topological polar surface area (TPSA) is 4.93 Å². The molecule has 0 radical (unpaired) electrons. The molecule has 0 atom stereocenters. The summed E-state index contributed by atoms with van der Waals surface area (Å²) in [5.74, 6) is -6.35. The number of benzene rings is 10. The molecule has 0 amide bonds. The number of nitrogens with zero attached hydrogens (tertiary/aromatic N) is 1. The van der Waals surface area contributed by atoms with E-state index in [1.807, 2.05) is 48.5 Å². The van der Waals surface area contributed by atoms with Crippen LogP contribution in [0.25, 0.3) is 105 Å². The maximum absolute atomic E-state index is 14.8. The van der Waals surface area contributed by atoms with Gasteiger partial charge in [-0.3, -0.25) is 0 Å². The zero-order valence-corrected chi connectivity index (χ0v) is 42.9. The van der Waals surface area contributed by atoms with Gasteiger partial charge in [0.1, 0.15) is 46.5 Å². The molecular formula is C68H49F8N. The minimum absolute atomic E-state index is 0.170. The number of hydrogen-bond donors (Lipinski definition) is 0. The predicted molar refractivity (Wildman–Crippen MR) is 296 cm³/mol. The second-order valence-corrected chi connectivity index (χ2v) is 21.8. The number of para-hydroxylation sites is 1. The lowest BCUT2D eigenvalue weighted by Crippen LogP contribution is -2.16. The molecule has 10 aromatic carbocycles. The fourth-order valence-electron chi connectivity index (χ4n) is 10.3. The zero-order chi connectivity index (χ0) is 54.2. The van der Waals surface area contributed by atoms with E-state index in [1.54, 1.807) is 36.4 Å². The molecule has 0 saturated heterocycles. The van der Waals surface area contributed by atoms with E-state index in [4.69, 9.17) is 0 Å². The fourth-order valence-corrected chi connectivity index (χ4v) is 10.3. The molecule has 0 spiro atoms. The highest BCUT2D eigenvalue weighted by atomic mass is 19.2. The lowest BCUT2D eigenvalue weighted by atomic mass is 9.79. The minimum atomic E-state index is -0.794. The van der Waals surface area contributed by atoms with E-state index in [-0.39, 0.29) is 33.1 Å². The van der Waals surface area contributed by atoms with E-state index in [0.717, 1.165) is 62.9 Å². The Kier molecular flexibility index (Phi) is 12.6. The smallest absolute Gasteiger partial charge is 0.126 e. The SMILES string of the molecule is CC(C)(C)c1cc(-c2ccccc2-n2c3ccc(-c4cc(-c5cc(F)cc(F)c5)cc(-c5cc(F)cc(F)c5)c4)cc3c3cc(-c4cc(-c5cc(F)cc(F)c5)cc(-c5cc(F)cc(F)c5)c4)ccc32)cc(C(C)(C)C)c1. The Morgan fingerprint density at radius 1 is 0.260 bits per heavy atom. The van der Waals surface area contributed by atoms with Gasteiger partial charge in [0, 0.05) is 40.6 Å². The van der Waals surface area contributed by atoms with Crippen LogP contribution in [0.1, 0.15) is 52.7 Å². The van der Waals surface area contributed by atoms with Crippen molar-refractivity contribution >= 4 is 21.8 Å². The van der Waals surface area contributed by atoms with E-state index in [2.05, 4.69) is 76.4 Å². The number of halogens is 8. The second-order valence-electron chi connectivity index (χ2n) is 21.8. The summed E-state index contributed by atoms with van der Waals surface area (Å²) in [7, 11) is 0. The van der Waals surface area contributed by atoms with Crippen molar-refractivity contribution in [2.24, 2.45) is 0 Å². The van der Waals surface area contributed by atoms with Crippen LogP contribution in [0, 0.1) is 46.5 Å². The summed E-state index contributed by atoms with van der Waals surface area (Å²) in [5.41, 5.74) is 11.5. The van der Waals surface area contributed by atoms with Crippen molar-refractivity contribution in [3.05, 3.63) is 246 Å². The summed E-state index contributed by atoms with van der Waals surface area (Å²) >= 11 is 0. The monoisotopic (exact) mass is 1030 g/mol. The molecule has 382 valence electrons. The standard InChI is InChI=1S/C68H49F8N/c1-67(2,3)51-21-50(22-52(33-51)68(4,5)6)61-9-7-8-10-64(61)77-65-13-11-38(40-15-42(46-23-53(69)34-54(70)24-46)19-43(16-40)47-25-55(71)35-56(72)26-47)31-62(65)63-32-39(12-14-66(63)77)41-17-44(48-27-57(73)36-58(74)28-48)20-45(18-41)49-29-59(75)37-60(76)30-49/h7-37H,1-6H3. The van der Waals surface area contributed by atoms with E-state index in [0.29, 0.717) is 44.5 Å². The molecule has 0 fully saturated rings. The van der Waals surface area contributed by atoms with Crippen LogP contribution >= 0.6 is 0 Å². The lowest BCUT2D eigenvalue weighted by molar-refractivity contribution is 0.569. The molecule has 0 bridgehead atoms. The predicted octanol–water partition coefficient (Wildman–Crippen LogP) is 20.2. The van der Waals surface area contributed by atoms with Crippen molar-refractivity contribution in [2.45, 2.75) is 52.4 Å². The Hall–Kier alpha value is -8.56. The Morgan fingerprint density at radius 3 is 0.857 bits per heavy atom. The van der Waals surface area contributed by atoms with Crippen LogP contribution in [0.2, 0.25) is 0 Å². The van der Waals surface area contributed by atoms with Crippen LogP contribution in [0.3, 0.4) is 0 Å². The van der Waals surface area contributed by atoms with E-state index in [9.17, 15) is 35.1 Å². The molecule has 77 heavy (non-hydrogen) atoms. The molecule has 9 heteroatoms. The van der Waals surface area contributed by atoms with Gasteiger partial charge in [-0.15, -0.1) is 0 Å². The lowest BCUT2D eigenvalue weighted by Gasteiger charge is -2.27. The van der Waals surface area contributed by atoms with Gasteiger partial charge < -0.3 is 4.57 Å². The second kappa shape index (κ2) is 19.2. The molecule has 0 saturated carbocycles. The van der Waals surface area contributed by atoms with Crippen molar-refractivity contribution in [3.8, 4) is 83.6 Å². The molecule has 11 rings (SSSR count). The molecule has 0 aliphatic carbocycles. The van der Waals surface area contributed by atoms with Gasteiger partial charge in [0.15, 0.2) is 0 Å². The largest absolute Gasteiger partial charge is 0.309 e. The van der Waals surface area contributed by atoms with Gasteiger partial charge in [0.2, 0.25) is 0 Å². The normalized spacial score (nSPS) is 12.0. The summed E-state index contributed by atoms with van der Waals surface area (Å²) in [5, 5.41) is 1.56. The molecular weight excluding hydrogens is 983 g/mol. The van der Waals surface area contributed by atoms with Crippen molar-refractivity contribution in [1.29, 1.82) is 0 Å². The third kappa shape index (κ3) is 10.2. The van der Waals surface area contributed by atoms with Gasteiger partial charge in [0.25, 0.3) is 0 Å². The van der Waals surface area contributed by atoms with Crippen molar-refractivity contribution < 1.29 is 35.1 Å². The maximum Gasteiger partial charge on any atom is 0.126 e. The Morgan fingerprint density at radius 2 is 0.545 bits per heavy atom. The van der Waals surface area contributed by atoms with Crippen LogP contribution < -0.4 is 0 Å². The molecule has 1 heterocycles. The van der Waals surface area contributed by atoms with E-state index < -0.39 is 46.5 Å². The first-order chi connectivity index (χ1) is 36.6. The van der Waals surface area contributed by atoms with Gasteiger partial charge in [0.05, 0.1) is 16.7 Å².